The van der Waals surface area contributed by atoms with Crippen LogP contribution in [0.5, 0.6) is 0 Å². The van der Waals surface area contributed by atoms with Crippen LogP contribution in [-0.2, 0) is 14.6 Å². The second-order valence-corrected chi connectivity index (χ2v) is 8.20. The monoisotopic (exact) mass is 354 g/mol. The summed E-state index contributed by atoms with van der Waals surface area (Å²) in [7, 11) is -1.81. The first-order valence-electron chi connectivity index (χ1n) is 7.88. The van der Waals surface area contributed by atoms with Crippen LogP contribution in [0, 0.1) is 0 Å². The lowest BCUT2D eigenvalue weighted by Gasteiger charge is -2.17. The molecule has 24 heavy (non-hydrogen) atoms. The van der Waals surface area contributed by atoms with Crippen LogP contribution in [0.4, 0.5) is 10.5 Å². The molecule has 1 fully saturated rings. The molecule has 0 bridgehead atoms. The highest BCUT2D eigenvalue weighted by atomic mass is 32.2. The van der Waals surface area contributed by atoms with Crippen molar-refractivity contribution in [2.75, 3.05) is 18.9 Å². The van der Waals surface area contributed by atoms with Crippen molar-refractivity contribution in [1.82, 2.24) is 4.90 Å². The SMILES string of the molecule is CN(CCC(=O)O)C(=O)Nc1ccc(S(=O)(=O)C2CCCC2)cc1. The molecule has 1 aliphatic rings. The number of carboxylic acids is 1. The second-order valence-electron chi connectivity index (χ2n) is 5.97. The van der Waals surface area contributed by atoms with Gasteiger partial charge in [-0.25, -0.2) is 13.2 Å². The molecular formula is C16H22N2O5S. The Hall–Kier alpha value is -2.09. The third-order valence-corrected chi connectivity index (χ3v) is 6.46. The largest absolute Gasteiger partial charge is 0.481 e. The Bertz CT molecular complexity index is 694. The van der Waals surface area contributed by atoms with E-state index < -0.39 is 21.8 Å². The molecule has 132 valence electrons. The molecule has 0 aliphatic heterocycles. The first-order valence-corrected chi connectivity index (χ1v) is 9.43. The Morgan fingerprint density at radius 2 is 1.79 bits per heavy atom. The van der Waals surface area contributed by atoms with Gasteiger partial charge in [-0.1, -0.05) is 12.8 Å². The van der Waals surface area contributed by atoms with E-state index in [1.807, 2.05) is 0 Å². The van der Waals surface area contributed by atoms with E-state index in [1.54, 1.807) is 12.1 Å². The number of anilines is 1. The van der Waals surface area contributed by atoms with E-state index in [0.717, 1.165) is 12.8 Å². The summed E-state index contributed by atoms with van der Waals surface area (Å²) in [5.41, 5.74) is 0.465. The van der Waals surface area contributed by atoms with Crippen LogP contribution < -0.4 is 5.32 Å². The van der Waals surface area contributed by atoms with Gasteiger partial charge in [0.1, 0.15) is 0 Å². The normalized spacial score (nSPS) is 15.2. The third kappa shape index (κ3) is 4.47. The number of sulfone groups is 1. The molecule has 1 aromatic carbocycles. The summed E-state index contributed by atoms with van der Waals surface area (Å²) in [6.07, 6.45) is 3.16. The molecule has 0 saturated heterocycles. The Labute approximate surface area is 141 Å². The lowest BCUT2D eigenvalue weighted by atomic mass is 10.3. The van der Waals surface area contributed by atoms with Crippen molar-refractivity contribution in [2.45, 2.75) is 42.2 Å². The summed E-state index contributed by atoms with van der Waals surface area (Å²) < 4.78 is 24.9. The van der Waals surface area contributed by atoms with Gasteiger partial charge in [-0.3, -0.25) is 4.79 Å². The van der Waals surface area contributed by atoms with Gasteiger partial charge in [-0.05, 0) is 37.1 Å². The number of hydrogen-bond acceptors (Lipinski definition) is 4. The molecule has 1 aliphatic carbocycles. The van der Waals surface area contributed by atoms with E-state index in [9.17, 15) is 18.0 Å². The maximum Gasteiger partial charge on any atom is 0.321 e. The van der Waals surface area contributed by atoms with Gasteiger partial charge in [0.05, 0.1) is 16.6 Å². The first kappa shape index (κ1) is 18.3. The van der Waals surface area contributed by atoms with Gasteiger partial charge in [-0.15, -0.1) is 0 Å². The number of benzene rings is 1. The zero-order chi connectivity index (χ0) is 17.7. The Kier molecular flexibility index (Phi) is 5.82. The standard InChI is InChI=1S/C16H22N2O5S/c1-18(11-10-15(19)20)16(21)17-12-6-8-14(9-7-12)24(22,23)13-4-2-3-5-13/h6-9,13H,2-5,10-11H2,1H3,(H,17,21)(H,19,20). The van der Waals surface area contributed by atoms with Crippen LogP contribution in [0.25, 0.3) is 0 Å². The van der Waals surface area contributed by atoms with Crippen LogP contribution in [0.2, 0.25) is 0 Å². The molecule has 8 heteroatoms. The van der Waals surface area contributed by atoms with Gasteiger partial charge in [0.25, 0.3) is 0 Å². The highest BCUT2D eigenvalue weighted by Crippen LogP contribution is 2.30. The molecular weight excluding hydrogens is 332 g/mol. The molecule has 2 amide bonds. The third-order valence-electron chi connectivity index (χ3n) is 4.18. The molecule has 1 saturated carbocycles. The fraction of sp³-hybridized carbons (Fsp3) is 0.500. The minimum absolute atomic E-state index is 0.0926. The summed E-state index contributed by atoms with van der Waals surface area (Å²) >= 11 is 0. The van der Waals surface area contributed by atoms with E-state index in [2.05, 4.69) is 5.32 Å². The topological polar surface area (TPSA) is 104 Å². The van der Waals surface area contributed by atoms with Crippen molar-refractivity contribution in [3.8, 4) is 0 Å². The lowest BCUT2D eigenvalue weighted by Crippen LogP contribution is -2.33. The fourth-order valence-electron chi connectivity index (χ4n) is 2.70. The van der Waals surface area contributed by atoms with Crippen molar-refractivity contribution in [2.24, 2.45) is 0 Å². The molecule has 0 heterocycles. The molecule has 2 rings (SSSR count). The maximum atomic E-state index is 12.5. The Morgan fingerprint density at radius 1 is 1.21 bits per heavy atom. The number of urea groups is 1. The molecule has 0 aromatic heterocycles. The molecule has 2 N–H and O–H groups in total. The molecule has 7 nitrogen and oxygen atoms in total. The van der Waals surface area contributed by atoms with E-state index in [0.29, 0.717) is 18.5 Å². The lowest BCUT2D eigenvalue weighted by molar-refractivity contribution is -0.137. The zero-order valence-electron chi connectivity index (χ0n) is 13.6. The number of aliphatic carboxylic acids is 1. The smallest absolute Gasteiger partial charge is 0.321 e. The Balaban J connectivity index is 1.99. The van der Waals surface area contributed by atoms with Gasteiger partial charge in [0, 0.05) is 19.3 Å². The van der Waals surface area contributed by atoms with Crippen molar-refractivity contribution in [1.29, 1.82) is 0 Å². The van der Waals surface area contributed by atoms with Crippen LogP contribution in [-0.4, -0.2) is 49.3 Å². The number of amides is 2. The van der Waals surface area contributed by atoms with E-state index >= 15 is 0 Å². The number of carbonyl (C=O) groups is 2. The number of carboxylic acid groups (broad SMARTS) is 1. The predicted molar refractivity (Wildman–Crippen MR) is 89.8 cm³/mol. The number of carbonyl (C=O) groups excluding carboxylic acids is 1. The minimum Gasteiger partial charge on any atom is -0.481 e. The minimum atomic E-state index is -3.31. The summed E-state index contributed by atoms with van der Waals surface area (Å²) in [6, 6.07) is 5.65. The predicted octanol–water partition coefficient (Wildman–Crippen LogP) is 2.34. The molecule has 1 aromatic rings. The van der Waals surface area contributed by atoms with E-state index in [1.165, 1.54) is 24.1 Å². The van der Waals surface area contributed by atoms with Gasteiger partial charge >= 0.3 is 12.0 Å². The molecule has 0 atom stereocenters. The number of nitrogens with one attached hydrogen (secondary N) is 1. The van der Waals surface area contributed by atoms with Gasteiger partial charge in [0.2, 0.25) is 0 Å². The van der Waals surface area contributed by atoms with Gasteiger partial charge in [-0.2, -0.15) is 0 Å². The highest BCUT2D eigenvalue weighted by molar-refractivity contribution is 7.92. The average molecular weight is 354 g/mol. The number of hydrogen-bond donors (Lipinski definition) is 2. The highest BCUT2D eigenvalue weighted by Gasteiger charge is 2.30. The van der Waals surface area contributed by atoms with Gasteiger partial charge < -0.3 is 15.3 Å². The van der Waals surface area contributed by atoms with Gasteiger partial charge in [0.15, 0.2) is 9.84 Å². The van der Waals surface area contributed by atoms with Crippen molar-refractivity contribution in [3.63, 3.8) is 0 Å². The van der Waals surface area contributed by atoms with Crippen LogP contribution in [0.1, 0.15) is 32.1 Å². The summed E-state index contributed by atoms with van der Waals surface area (Å²) in [5, 5.41) is 10.9. The molecule has 0 spiro atoms. The second kappa shape index (κ2) is 7.65. The van der Waals surface area contributed by atoms with E-state index in [-0.39, 0.29) is 23.1 Å². The summed E-state index contributed by atoms with van der Waals surface area (Å²) in [5.74, 6) is -0.976. The van der Waals surface area contributed by atoms with Crippen molar-refractivity contribution >= 4 is 27.5 Å². The first-order chi connectivity index (χ1) is 11.3. The van der Waals surface area contributed by atoms with Crippen LogP contribution in [0.15, 0.2) is 29.2 Å². The quantitative estimate of drug-likeness (QED) is 0.816. The van der Waals surface area contributed by atoms with Crippen molar-refractivity contribution < 1.29 is 23.1 Å². The van der Waals surface area contributed by atoms with E-state index in [4.69, 9.17) is 5.11 Å². The van der Waals surface area contributed by atoms with Crippen LogP contribution >= 0.6 is 0 Å². The summed E-state index contributed by atoms with van der Waals surface area (Å²) in [6.45, 7) is 0.0926. The van der Waals surface area contributed by atoms with Crippen LogP contribution in [0.3, 0.4) is 0 Å². The molecule has 0 radical (unpaired) electrons. The van der Waals surface area contributed by atoms with Crippen molar-refractivity contribution in [3.05, 3.63) is 24.3 Å². The number of rotatable bonds is 6. The maximum absolute atomic E-state index is 12.5. The molecule has 0 unspecified atom stereocenters. The average Bonchev–Trinajstić information content (AvgIpc) is 3.08. The number of nitrogens with zero attached hydrogens (tertiary/aromatic N) is 1. The summed E-state index contributed by atoms with van der Waals surface area (Å²) in [4.78, 5) is 24.0. The zero-order valence-corrected chi connectivity index (χ0v) is 14.4. The Morgan fingerprint density at radius 3 is 2.33 bits per heavy atom. The fourth-order valence-corrected chi connectivity index (χ4v) is 4.56.